The molecule has 0 spiro atoms. The molecule has 0 saturated carbocycles. The summed E-state index contributed by atoms with van der Waals surface area (Å²) in [5, 5.41) is 7.54. The molecular weight excluding hydrogens is 216 g/mol. The molecule has 0 atom stereocenters. The topological polar surface area (TPSA) is 51.2 Å². The van der Waals surface area contributed by atoms with Crippen LogP contribution in [0.3, 0.4) is 0 Å². The van der Waals surface area contributed by atoms with E-state index in [2.05, 4.69) is 24.3 Å². The van der Waals surface area contributed by atoms with Crippen LogP contribution >= 0.6 is 0 Å². The number of nitrogens with zero attached hydrogens (tertiary/aromatic N) is 1. The normalized spacial score (nSPS) is 13.8. The fourth-order valence-corrected chi connectivity index (χ4v) is 2.23. The monoisotopic (exact) mass is 232 g/mol. The van der Waals surface area contributed by atoms with Gasteiger partial charge in [-0.1, -0.05) is 19.0 Å². The Bertz CT molecular complexity index is 525. The van der Waals surface area contributed by atoms with Crippen LogP contribution in [0.25, 0.3) is 11.3 Å². The molecule has 1 aliphatic carbocycles. The zero-order valence-electron chi connectivity index (χ0n) is 10.1. The van der Waals surface area contributed by atoms with Crippen molar-refractivity contribution in [1.29, 1.82) is 0 Å². The van der Waals surface area contributed by atoms with Crippen molar-refractivity contribution in [3.05, 3.63) is 29.3 Å². The molecule has 0 radical (unpaired) electrons. The van der Waals surface area contributed by atoms with Crippen molar-refractivity contribution in [3.63, 3.8) is 0 Å². The molecule has 90 valence electrons. The molecule has 0 saturated heterocycles. The van der Waals surface area contributed by atoms with Gasteiger partial charge in [0, 0.05) is 24.6 Å². The van der Waals surface area contributed by atoms with Gasteiger partial charge in [0.1, 0.15) is 11.5 Å². The van der Waals surface area contributed by atoms with Gasteiger partial charge in [-0.2, -0.15) is 0 Å². The molecule has 2 aromatic heterocycles. The minimum absolute atomic E-state index is 0.454. The fraction of sp³-hybridized carbons (Fsp3) is 0.462. The Hall–Kier alpha value is -1.55. The minimum Gasteiger partial charge on any atom is -0.469 e. The Balaban J connectivity index is 1.92. The maximum absolute atomic E-state index is 5.45. The Kier molecular flexibility index (Phi) is 2.52. The molecule has 0 fully saturated rings. The first-order valence-electron chi connectivity index (χ1n) is 6.03. The highest BCUT2D eigenvalue weighted by Gasteiger charge is 2.25. The number of aromatic nitrogens is 1. The molecule has 0 bridgehead atoms. The first kappa shape index (κ1) is 10.6. The molecule has 17 heavy (non-hydrogen) atoms. The van der Waals surface area contributed by atoms with Gasteiger partial charge in [0.25, 0.3) is 0 Å². The molecule has 0 amide bonds. The zero-order chi connectivity index (χ0) is 11.8. The number of aryl methyl sites for hydroxylation is 1. The number of rotatable bonds is 3. The lowest BCUT2D eigenvalue weighted by atomic mass is 9.95. The van der Waals surface area contributed by atoms with E-state index >= 15 is 0 Å². The summed E-state index contributed by atoms with van der Waals surface area (Å²) in [5.41, 5.74) is 3.32. The van der Waals surface area contributed by atoms with E-state index in [1.165, 1.54) is 5.56 Å². The summed E-state index contributed by atoms with van der Waals surface area (Å²) in [4.78, 5) is 0. The molecule has 2 heterocycles. The Labute approximate surface area is 100.0 Å². The van der Waals surface area contributed by atoms with Crippen molar-refractivity contribution in [1.82, 2.24) is 10.5 Å². The smallest absolute Gasteiger partial charge is 0.173 e. The predicted molar refractivity (Wildman–Crippen MR) is 63.6 cm³/mol. The summed E-state index contributed by atoms with van der Waals surface area (Å²) >= 11 is 0. The summed E-state index contributed by atoms with van der Waals surface area (Å²) in [6.07, 6.45) is 3.61. The van der Waals surface area contributed by atoms with Crippen LogP contribution in [0, 0.1) is 0 Å². The molecule has 0 aromatic carbocycles. The number of hydrogen-bond donors (Lipinski definition) is 1. The predicted octanol–water partition coefficient (Wildman–Crippen LogP) is 2.53. The largest absolute Gasteiger partial charge is 0.469 e. The Morgan fingerprint density at radius 2 is 2.29 bits per heavy atom. The van der Waals surface area contributed by atoms with Crippen LogP contribution in [0.4, 0.5) is 0 Å². The first-order chi connectivity index (χ1) is 8.25. The van der Waals surface area contributed by atoms with E-state index in [0.717, 1.165) is 42.2 Å². The lowest BCUT2D eigenvalue weighted by Gasteiger charge is -2.10. The lowest BCUT2D eigenvalue weighted by Crippen LogP contribution is -2.22. The third-order valence-electron chi connectivity index (χ3n) is 3.14. The van der Waals surface area contributed by atoms with Crippen LogP contribution in [0.2, 0.25) is 0 Å². The van der Waals surface area contributed by atoms with Gasteiger partial charge in [0.2, 0.25) is 0 Å². The summed E-state index contributed by atoms with van der Waals surface area (Å²) in [5.74, 6) is 1.90. The molecule has 1 aliphatic rings. The highest BCUT2D eigenvalue weighted by atomic mass is 16.5. The average Bonchev–Trinajstić information content (AvgIpc) is 2.91. The van der Waals surface area contributed by atoms with E-state index in [-0.39, 0.29) is 0 Å². The molecule has 0 aliphatic heterocycles. The standard InChI is InChI=1S/C13H16N2O2/c1-8(2)14-7-11-9-3-4-12-10(5-6-16-12)13(9)17-15-11/h5-6,8,14H,3-4,7H2,1-2H3. The zero-order valence-corrected chi connectivity index (χ0v) is 10.1. The van der Waals surface area contributed by atoms with Gasteiger partial charge in [-0.25, -0.2) is 0 Å². The van der Waals surface area contributed by atoms with Gasteiger partial charge in [-0.15, -0.1) is 0 Å². The Morgan fingerprint density at radius 3 is 3.12 bits per heavy atom. The van der Waals surface area contributed by atoms with E-state index < -0.39 is 0 Å². The summed E-state index contributed by atoms with van der Waals surface area (Å²) in [6, 6.07) is 2.41. The molecule has 3 rings (SSSR count). The number of nitrogens with one attached hydrogen (secondary N) is 1. The highest BCUT2D eigenvalue weighted by molar-refractivity contribution is 5.66. The van der Waals surface area contributed by atoms with Gasteiger partial charge in [0.15, 0.2) is 5.76 Å². The van der Waals surface area contributed by atoms with Crippen LogP contribution in [0.5, 0.6) is 0 Å². The summed E-state index contributed by atoms with van der Waals surface area (Å²) < 4.78 is 10.9. The average molecular weight is 232 g/mol. The minimum atomic E-state index is 0.454. The number of fused-ring (bicyclic) bond motifs is 3. The second-order valence-corrected chi connectivity index (χ2v) is 4.73. The van der Waals surface area contributed by atoms with Crippen LogP contribution in [-0.4, -0.2) is 11.2 Å². The van der Waals surface area contributed by atoms with Crippen LogP contribution in [-0.2, 0) is 19.4 Å². The van der Waals surface area contributed by atoms with Gasteiger partial charge >= 0.3 is 0 Å². The van der Waals surface area contributed by atoms with Gasteiger partial charge < -0.3 is 14.3 Å². The number of hydrogen-bond acceptors (Lipinski definition) is 4. The first-order valence-corrected chi connectivity index (χ1v) is 6.03. The molecule has 4 nitrogen and oxygen atoms in total. The third kappa shape index (κ3) is 1.78. The van der Waals surface area contributed by atoms with E-state index in [0.29, 0.717) is 6.04 Å². The van der Waals surface area contributed by atoms with Crippen molar-refractivity contribution >= 4 is 0 Å². The molecule has 2 aromatic rings. The van der Waals surface area contributed by atoms with Crippen LogP contribution in [0.15, 0.2) is 21.3 Å². The van der Waals surface area contributed by atoms with E-state index in [1.807, 2.05) is 6.07 Å². The maximum Gasteiger partial charge on any atom is 0.173 e. The summed E-state index contributed by atoms with van der Waals surface area (Å²) in [7, 11) is 0. The SMILES string of the molecule is CC(C)NCc1noc2c1CCc1occc1-2. The molecular formula is C13H16N2O2. The quantitative estimate of drug-likeness (QED) is 0.883. The van der Waals surface area contributed by atoms with Crippen LogP contribution < -0.4 is 5.32 Å². The second-order valence-electron chi connectivity index (χ2n) is 4.73. The van der Waals surface area contributed by atoms with Crippen LogP contribution in [0.1, 0.15) is 30.9 Å². The molecule has 0 unspecified atom stereocenters. The fourth-order valence-electron chi connectivity index (χ4n) is 2.23. The summed E-state index contributed by atoms with van der Waals surface area (Å²) in [6.45, 7) is 5.02. The van der Waals surface area contributed by atoms with E-state index in [1.54, 1.807) is 6.26 Å². The number of furan rings is 1. The van der Waals surface area contributed by atoms with Crippen molar-refractivity contribution in [3.8, 4) is 11.3 Å². The maximum atomic E-state index is 5.45. The van der Waals surface area contributed by atoms with Crippen molar-refractivity contribution in [2.75, 3.05) is 0 Å². The van der Waals surface area contributed by atoms with Gasteiger partial charge in [-0.05, 0) is 12.5 Å². The second kappa shape index (κ2) is 4.04. The third-order valence-corrected chi connectivity index (χ3v) is 3.14. The van der Waals surface area contributed by atoms with Gasteiger partial charge in [0.05, 0.1) is 11.8 Å². The highest BCUT2D eigenvalue weighted by Crippen LogP contribution is 2.35. The van der Waals surface area contributed by atoms with E-state index in [9.17, 15) is 0 Å². The van der Waals surface area contributed by atoms with E-state index in [4.69, 9.17) is 8.94 Å². The van der Waals surface area contributed by atoms with Crippen molar-refractivity contribution in [2.24, 2.45) is 0 Å². The molecule has 1 N–H and O–H groups in total. The lowest BCUT2D eigenvalue weighted by molar-refractivity contribution is 0.415. The van der Waals surface area contributed by atoms with Gasteiger partial charge in [-0.3, -0.25) is 0 Å². The van der Waals surface area contributed by atoms with Crippen molar-refractivity contribution < 1.29 is 8.94 Å². The molecule has 4 heteroatoms. The van der Waals surface area contributed by atoms with Crippen molar-refractivity contribution in [2.45, 2.75) is 39.3 Å². The Morgan fingerprint density at radius 1 is 1.41 bits per heavy atom.